The van der Waals surface area contributed by atoms with Crippen LogP contribution in [-0.2, 0) is 0 Å². The Morgan fingerprint density at radius 3 is 2.58 bits per heavy atom. The Bertz CT molecular complexity index is 431. The van der Waals surface area contributed by atoms with E-state index in [0.29, 0.717) is 5.15 Å². The van der Waals surface area contributed by atoms with Gasteiger partial charge in [0.1, 0.15) is 16.8 Å². The predicted molar refractivity (Wildman–Crippen MR) is 77.7 cm³/mol. The van der Waals surface area contributed by atoms with Crippen molar-refractivity contribution in [2.24, 2.45) is 0 Å². The zero-order valence-corrected chi connectivity index (χ0v) is 12.4. The maximum atomic E-state index is 9.71. The average molecular weight is 284 g/mol. The van der Waals surface area contributed by atoms with E-state index in [4.69, 9.17) is 11.6 Å². The lowest BCUT2D eigenvalue weighted by Gasteiger charge is -2.37. The normalized spacial score (nSPS) is 18.6. The minimum atomic E-state index is -0.246. The van der Waals surface area contributed by atoms with Gasteiger partial charge in [-0.3, -0.25) is 0 Å². The Balaban J connectivity index is 2.21. The smallest absolute Gasteiger partial charge is 0.135 e. The number of halogens is 1. The van der Waals surface area contributed by atoms with E-state index < -0.39 is 0 Å². The van der Waals surface area contributed by atoms with Crippen molar-refractivity contribution in [1.29, 1.82) is 0 Å². The summed E-state index contributed by atoms with van der Waals surface area (Å²) in [6.45, 7) is 4.21. The lowest BCUT2D eigenvalue weighted by atomic mass is 9.82. The Hall–Kier alpha value is -0.870. The number of anilines is 1. The van der Waals surface area contributed by atoms with E-state index in [1.807, 2.05) is 13.8 Å². The SMILES string of the molecule is CC(C)c1nc(Cl)cc(NC2(CO)CCCCC2)n1. The molecule has 4 nitrogen and oxygen atoms in total. The summed E-state index contributed by atoms with van der Waals surface area (Å²) in [6, 6.07) is 1.74. The van der Waals surface area contributed by atoms with Crippen LogP contribution in [0.2, 0.25) is 5.15 Å². The summed E-state index contributed by atoms with van der Waals surface area (Å²) in [5.41, 5.74) is -0.246. The van der Waals surface area contributed by atoms with E-state index in [-0.39, 0.29) is 18.1 Å². The molecule has 2 N–H and O–H groups in total. The molecule has 1 aromatic heterocycles. The monoisotopic (exact) mass is 283 g/mol. The summed E-state index contributed by atoms with van der Waals surface area (Å²) in [5.74, 6) is 1.69. The number of hydrogen-bond acceptors (Lipinski definition) is 4. The summed E-state index contributed by atoms with van der Waals surface area (Å²) in [6.07, 6.45) is 5.47. The van der Waals surface area contributed by atoms with Crippen molar-refractivity contribution in [3.63, 3.8) is 0 Å². The molecule has 0 amide bonds. The van der Waals surface area contributed by atoms with E-state index in [2.05, 4.69) is 15.3 Å². The fourth-order valence-electron chi connectivity index (χ4n) is 2.58. The van der Waals surface area contributed by atoms with Gasteiger partial charge in [0, 0.05) is 12.0 Å². The van der Waals surface area contributed by atoms with Crippen LogP contribution >= 0.6 is 11.6 Å². The Labute approximate surface area is 119 Å². The van der Waals surface area contributed by atoms with Crippen LogP contribution in [0.4, 0.5) is 5.82 Å². The van der Waals surface area contributed by atoms with Gasteiger partial charge in [0.05, 0.1) is 12.1 Å². The third-order valence-electron chi connectivity index (χ3n) is 3.74. The molecule has 1 heterocycles. The van der Waals surface area contributed by atoms with Gasteiger partial charge >= 0.3 is 0 Å². The lowest BCUT2D eigenvalue weighted by molar-refractivity contribution is 0.172. The number of nitrogens with zero attached hydrogens (tertiary/aromatic N) is 2. The van der Waals surface area contributed by atoms with E-state index in [9.17, 15) is 5.11 Å². The molecule has 0 unspecified atom stereocenters. The molecule has 5 heteroatoms. The minimum Gasteiger partial charge on any atom is -0.394 e. The second-order valence-corrected chi connectivity index (χ2v) is 6.10. The van der Waals surface area contributed by atoms with Crippen molar-refractivity contribution in [2.45, 2.75) is 57.4 Å². The van der Waals surface area contributed by atoms with Gasteiger partial charge in [-0.05, 0) is 12.8 Å². The molecule has 1 fully saturated rings. The largest absolute Gasteiger partial charge is 0.394 e. The van der Waals surface area contributed by atoms with Crippen LogP contribution in [0, 0.1) is 0 Å². The van der Waals surface area contributed by atoms with Crippen LogP contribution in [0.1, 0.15) is 57.7 Å². The fourth-order valence-corrected chi connectivity index (χ4v) is 2.77. The third-order valence-corrected chi connectivity index (χ3v) is 3.93. The molecule has 1 aliphatic rings. The van der Waals surface area contributed by atoms with Gasteiger partial charge in [-0.25, -0.2) is 9.97 Å². The molecule has 0 saturated heterocycles. The molecule has 0 aliphatic heterocycles. The Kier molecular flexibility index (Phi) is 4.63. The van der Waals surface area contributed by atoms with Crippen LogP contribution in [-0.4, -0.2) is 27.2 Å². The van der Waals surface area contributed by atoms with Gasteiger partial charge in [-0.15, -0.1) is 0 Å². The molecule has 19 heavy (non-hydrogen) atoms. The quantitative estimate of drug-likeness (QED) is 0.832. The molecular formula is C14H22ClN3O. The first kappa shape index (κ1) is 14.5. The molecule has 106 valence electrons. The van der Waals surface area contributed by atoms with Crippen molar-refractivity contribution in [2.75, 3.05) is 11.9 Å². The lowest BCUT2D eigenvalue weighted by Crippen LogP contribution is -2.44. The Morgan fingerprint density at radius 2 is 2.00 bits per heavy atom. The first-order valence-corrected chi connectivity index (χ1v) is 7.36. The number of aliphatic hydroxyl groups excluding tert-OH is 1. The third kappa shape index (κ3) is 3.57. The topological polar surface area (TPSA) is 58.0 Å². The van der Waals surface area contributed by atoms with E-state index >= 15 is 0 Å². The van der Waals surface area contributed by atoms with Gasteiger partial charge in [0.2, 0.25) is 0 Å². The van der Waals surface area contributed by atoms with E-state index in [1.54, 1.807) is 6.07 Å². The zero-order chi connectivity index (χ0) is 13.9. The van der Waals surface area contributed by atoms with E-state index in [1.165, 1.54) is 6.42 Å². The molecule has 1 saturated carbocycles. The molecule has 1 aromatic rings. The first-order valence-electron chi connectivity index (χ1n) is 6.98. The van der Waals surface area contributed by atoms with Gasteiger partial charge in [-0.1, -0.05) is 44.7 Å². The van der Waals surface area contributed by atoms with E-state index in [0.717, 1.165) is 37.3 Å². The molecule has 0 bridgehead atoms. The van der Waals surface area contributed by atoms with Gasteiger partial charge in [0.15, 0.2) is 0 Å². The molecule has 1 aliphatic carbocycles. The highest BCUT2D eigenvalue weighted by Gasteiger charge is 2.31. The number of rotatable bonds is 4. The molecule has 0 radical (unpaired) electrons. The van der Waals surface area contributed by atoms with Crippen molar-refractivity contribution >= 4 is 17.4 Å². The zero-order valence-electron chi connectivity index (χ0n) is 11.6. The molecule has 0 aromatic carbocycles. The van der Waals surface area contributed by atoms with Crippen LogP contribution in [0.3, 0.4) is 0 Å². The van der Waals surface area contributed by atoms with Gasteiger partial charge in [-0.2, -0.15) is 0 Å². The first-order chi connectivity index (χ1) is 9.04. The fraction of sp³-hybridized carbons (Fsp3) is 0.714. The predicted octanol–water partition coefficient (Wildman–Crippen LogP) is 3.36. The van der Waals surface area contributed by atoms with Crippen molar-refractivity contribution in [1.82, 2.24) is 9.97 Å². The van der Waals surface area contributed by atoms with Crippen LogP contribution in [0.5, 0.6) is 0 Å². The molecular weight excluding hydrogens is 262 g/mol. The number of hydrogen-bond donors (Lipinski definition) is 2. The molecule has 0 atom stereocenters. The highest BCUT2D eigenvalue weighted by Crippen LogP contribution is 2.31. The molecule has 2 rings (SSSR count). The number of aliphatic hydroxyl groups is 1. The minimum absolute atomic E-state index is 0.131. The average Bonchev–Trinajstić information content (AvgIpc) is 2.39. The maximum absolute atomic E-state index is 9.71. The Morgan fingerprint density at radius 1 is 1.32 bits per heavy atom. The highest BCUT2D eigenvalue weighted by atomic mass is 35.5. The van der Waals surface area contributed by atoms with Crippen LogP contribution in [0.25, 0.3) is 0 Å². The summed E-state index contributed by atoms with van der Waals surface area (Å²) in [4.78, 5) is 8.73. The highest BCUT2D eigenvalue weighted by molar-refractivity contribution is 6.29. The van der Waals surface area contributed by atoms with Gasteiger partial charge < -0.3 is 10.4 Å². The van der Waals surface area contributed by atoms with Crippen molar-refractivity contribution < 1.29 is 5.11 Å². The van der Waals surface area contributed by atoms with Crippen molar-refractivity contribution in [3.8, 4) is 0 Å². The number of nitrogens with one attached hydrogen (secondary N) is 1. The number of aromatic nitrogens is 2. The second kappa shape index (κ2) is 6.06. The summed E-state index contributed by atoms with van der Waals surface area (Å²) < 4.78 is 0. The summed E-state index contributed by atoms with van der Waals surface area (Å²) >= 11 is 6.05. The van der Waals surface area contributed by atoms with Crippen molar-refractivity contribution in [3.05, 3.63) is 17.0 Å². The summed E-state index contributed by atoms with van der Waals surface area (Å²) in [7, 11) is 0. The molecule has 0 spiro atoms. The van der Waals surface area contributed by atoms with Crippen LogP contribution in [0.15, 0.2) is 6.07 Å². The van der Waals surface area contributed by atoms with Gasteiger partial charge in [0.25, 0.3) is 0 Å². The van der Waals surface area contributed by atoms with Crippen LogP contribution < -0.4 is 5.32 Å². The maximum Gasteiger partial charge on any atom is 0.135 e. The second-order valence-electron chi connectivity index (χ2n) is 5.71. The standard InChI is InChI=1S/C14H22ClN3O/c1-10(2)13-16-11(15)8-12(17-13)18-14(9-19)6-4-3-5-7-14/h8,10,19H,3-7,9H2,1-2H3,(H,16,17,18). The summed E-state index contributed by atoms with van der Waals surface area (Å²) in [5, 5.41) is 13.6.